The van der Waals surface area contributed by atoms with E-state index in [1.807, 2.05) is 13.0 Å². The summed E-state index contributed by atoms with van der Waals surface area (Å²) in [7, 11) is 0. The maximum absolute atomic E-state index is 10.6. The molecule has 110 valence electrons. The zero-order valence-corrected chi connectivity index (χ0v) is 12.6. The summed E-state index contributed by atoms with van der Waals surface area (Å²) in [6.45, 7) is 2.55. The van der Waals surface area contributed by atoms with Gasteiger partial charge >= 0.3 is 11.8 Å². The number of nitrogens with zero attached hydrogens (tertiary/aromatic N) is 4. The molecule has 2 aromatic heterocycles. The van der Waals surface area contributed by atoms with Gasteiger partial charge in [-0.25, -0.2) is 4.98 Å². The van der Waals surface area contributed by atoms with Gasteiger partial charge in [0.1, 0.15) is 12.8 Å². The van der Waals surface area contributed by atoms with Crippen molar-refractivity contribution in [2.45, 2.75) is 19.1 Å². The van der Waals surface area contributed by atoms with Crippen molar-refractivity contribution >= 4 is 21.7 Å². The lowest BCUT2D eigenvalue weighted by atomic mass is 10.1. The lowest BCUT2D eigenvalue weighted by Crippen LogP contribution is -2.38. The second kappa shape index (κ2) is 4.99. The zero-order chi connectivity index (χ0) is 15.0. The van der Waals surface area contributed by atoms with Crippen LogP contribution < -0.4 is 9.47 Å². The summed E-state index contributed by atoms with van der Waals surface area (Å²) in [6.07, 6.45) is 3.00. The monoisotopic (exact) mass is 354 g/mol. The fraction of sp³-hybridized carbons (Fsp3) is 0.333. The van der Waals surface area contributed by atoms with Crippen LogP contribution in [0.5, 0.6) is 11.9 Å². The van der Waals surface area contributed by atoms with Crippen LogP contribution in [0.15, 0.2) is 29.0 Å². The lowest BCUT2D eigenvalue weighted by Gasteiger charge is -2.21. The van der Waals surface area contributed by atoms with Gasteiger partial charge in [0.05, 0.1) is 6.54 Å². The minimum Gasteiger partial charge on any atom is -0.473 e. The van der Waals surface area contributed by atoms with Crippen LogP contribution in [0.4, 0.5) is 5.82 Å². The van der Waals surface area contributed by atoms with Gasteiger partial charge in [-0.3, -0.25) is 4.57 Å². The molecule has 1 atom stereocenters. The Morgan fingerprint density at radius 2 is 2.43 bits per heavy atom. The van der Waals surface area contributed by atoms with Crippen molar-refractivity contribution in [2.75, 3.05) is 6.61 Å². The number of pyridine rings is 1. The first-order chi connectivity index (χ1) is 9.95. The quantitative estimate of drug-likeness (QED) is 0.617. The van der Waals surface area contributed by atoms with Crippen LogP contribution in [0, 0.1) is 10.1 Å². The van der Waals surface area contributed by atoms with E-state index in [9.17, 15) is 10.1 Å². The number of ether oxygens (including phenoxy) is 2. The molecule has 3 heterocycles. The second-order valence-corrected chi connectivity index (χ2v) is 5.84. The number of imidazole rings is 1. The van der Waals surface area contributed by atoms with E-state index in [2.05, 4.69) is 25.9 Å². The van der Waals surface area contributed by atoms with Crippen LogP contribution >= 0.6 is 15.9 Å². The second-order valence-electron chi connectivity index (χ2n) is 4.92. The third-order valence-corrected chi connectivity index (χ3v) is 3.45. The molecule has 1 unspecified atom stereocenters. The first-order valence-corrected chi connectivity index (χ1v) is 6.89. The van der Waals surface area contributed by atoms with Gasteiger partial charge in [0, 0.05) is 21.7 Å². The minimum atomic E-state index is -0.633. The van der Waals surface area contributed by atoms with Crippen LogP contribution in [0.25, 0.3) is 0 Å². The smallest absolute Gasteiger partial charge is 0.415 e. The highest BCUT2D eigenvalue weighted by Crippen LogP contribution is 2.31. The molecule has 0 bridgehead atoms. The van der Waals surface area contributed by atoms with Gasteiger partial charge in [-0.15, -0.1) is 0 Å². The van der Waals surface area contributed by atoms with E-state index in [-0.39, 0.29) is 18.4 Å². The molecule has 0 saturated carbocycles. The summed E-state index contributed by atoms with van der Waals surface area (Å²) in [5.74, 6) is 0.265. The highest BCUT2D eigenvalue weighted by Gasteiger charge is 2.41. The first-order valence-electron chi connectivity index (χ1n) is 6.10. The van der Waals surface area contributed by atoms with E-state index in [4.69, 9.17) is 9.47 Å². The third-order valence-electron chi connectivity index (χ3n) is 2.98. The fourth-order valence-corrected chi connectivity index (χ4v) is 2.27. The van der Waals surface area contributed by atoms with Crippen molar-refractivity contribution in [3.8, 4) is 11.9 Å². The maximum Gasteiger partial charge on any atom is 0.415 e. The molecule has 21 heavy (non-hydrogen) atoms. The van der Waals surface area contributed by atoms with Gasteiger partial charge in [0.25, 0.3) is 0 Å². The predicted octanol–water partition coefficient (Wildman–Crippen LogP) is 2.18. The molecule has 0 aliphatic carbocycles. The van der Waals surface area contributed by atoms with E-state index in [0.29, 0.717) is 12.4 Å². The van der Waals surface area contributed by atoms with Crippen LogP contribution in [0.3, 0.4) is 0 Å². The van der Waals surface area contributed by atoms with Crippen molar-refractivity contribution in [3.63, 3.8) is 0 Å². The van der Waals surface area contributed by atoms with Crippen LogP contribution in [0.1, 0.15) is 6.92 Å². The van der Waals surface area contributed by atoms with Crippen LogP contribution in [-0.4, -0.2) is 31.7 Å². The summed E-state index contributed by atoms with van der Waals surface area (Å²) in [5, 5.41) is 10.6. The number of nitro groups is 1. The van der Waals surface area contributed by atoms with Crippen LogP contribution in [-0.2, 0) is 6.54 Å². The molecular formula is C12H11BrN4O4. The number of fused-ring (bicyclic) bond motifs is 1. The highest BCUT2D eigenvalue weighted by atomic mass is 79.9. The topological polar surface area (TPSA) is 92.3 Å². The van der Waals surface area contributed by atoms with Crippen molar-refractivity contribution in [3.05, 3.63) is 39.1 Å². The molecule has 1 aliphatic heterocycles. The third kappa shape index (κ3) is 2.82. The summed E-state index contributed by atoms with van der Waals surface area (Å²) < 4.78 is 13.7. The van der Waals surface area contributed by atoms with E-state index in [0.717, 1.165) is 4.47 Å². The Hall–Kier alpha value is -2.16. The molecular weight excluding hydrogens is 344 g/mol. The molecule has 1 aliphatic rings. The van der Waals surface area contributed by atoms with Gasteiger partial charge in [-0.2, -0.15) is 0 Å². The van der Waals surface area contributed by atoms with E-state index >= 15 is 0 Å². The van der Waals surface area contributed by atoms with E-state index < -0.39 is 10.5 Å². The van der Waals surface area contributed by atoms with Gasteiger partial charge in [0.2, 0.25) is 5.88 Å². The molecule has 0 N–H and O–H groups in total. The molecule has 9 heteroatoms. The van der Waals surface area contributed by atoms with Gasteiger partial charge in [-0.1, -0.05) is 0 Å². The number of hydrogen-bond acceptors (Lipinski definition) is 6. The van der Waals surface area contributed by atoms with Gasteiger partial charge < -0.3 is 19.6 Å². The summed E-state index contributed by atoms with van der Waals surface area (Å²) in [6, 6.07) is 3.80. The van der Waals surface area contributed by atoms with Crippen molar-refractivity contribution in [1.29, 1.82) is 0 Å². The Morgan fingerprint density at radius 3 is 3.05 bits per heavy atom. The van der Waals surface area contributed by atoms with Gasteiger partial charge in [0.15, 0.2) is 5.60 Å². The molecule has 0 fully saturated rings. The number of hydrogen-bond donors (Lipinski definition) is 0. The van der Waals surface area contributed by atoms with Crippen molar-refractivity contribution < 1.29 is 14.4 Å². The summed E-state index contributed by atoms with van der Waals surface area (Å²) in [5.41, 5.74) is -0.633. The Kier molecular flexibility index (Phi) is 3.28. The molecule has 0 radical (unpaired) electrons. The lowest BCUT2D eigenvalue weighted by molar-refractivity contribution is -0.389. The highest BCUT2D eigenvalue weighted by molar-refractivity contribution is 9.10. The summed E-state index contributed by atoms with van der Waals surface area (Å²) in [4.78, 5) is 18.0. The molecule has 2 aromatic rings. The number of rotatable bonds is 4. The Bertz CT molecular complexity index is 662. The van der Waals surface area contributed by atoms with E-state index in [1.165, 1.54) is 6.20 Å². The fourth-order valence-electron chi connectivity index (χ4n) is 2.03. The Labute approximate surface area is 128 Å². The molecule has 0 aromatic carbocycles. The zero-order valence-electron chi connectivity index (χ0n) is 11.0. The predicted molar refractivity (Wildman–Crippen MR) is 75.3 cm³/mol. The standard InChI is InChI=1S/C12H11BrN4O4/c1-12(7-20-10-3-2-8(13)4-14-10)6-16-5-9(17(18)19)15-11(16)21-12/h2-5H,6-7H2,1H3. The summed E-state index contributed by atoms with van der Waals surface area (Å²) >= 11 is 3.30. The van der Waals surface area contributed by atoms with Crippen molar-refractivity contribution in [2.24, 2.45) is 0 Å². The number of halogens is 1. The number of aromatic nitrogens is 3. The van der Waals surface area contributed by atoms with Crippen LogP contribution in [0.2, 0.25) is 0 Å². The molecule has 8 nitrogen and oxygen atoms in total. The SMILES string of the molecule is CC1(COc2ccc(Br)cn2)Cn2cc([N+](=O)[O-])nc2O1. The maximum atomic E-state index is 10.6. The Morgan fingerprint density at radius 1 is 1.62 bits per heavy atom. The molecule has 0 amide bonds. The minimum absolute atomic E-state index is 0.220. The Balaban J connectivity index is 1.65. The normalized spacial score (nSPS) is 19.9. The van der Waals surface area contributed by atoms with Gasteiger partial charge in [-0.05, 0) is 33.8 Å². The van der Waals surface area contributed by atoms with E-state index in [1.54, 1.807) is 16.8 Å². The average molecular weight is 355 g/mol. The molecule has 0 spiro atoms. The molecule has 0 saturated heterocycles. The van der Waals surface area contributed by atoms with Crippen molar-refractivity contribution in [1.82, 2.24) is 14.5 Å². The largest absolute Gasteiger partial charge is 0.473 e. The molecule has 3 rings (SSSR count). The first kappa shape index (κ1) is 13.8. The average Bonchev–Trinajstić information content (AvgIpc) is 2.93.